The third kappa shape index (κ3) is 3.59. The largest absolute Gasteiger partial charge is 0.489 e. The molecule has 1 aromatic rings. The molecule has 1 aliphatic heterocycles. The maximum atomic E-state index is 12.1. The molecule has 22 heavy (non-hydrogen) atoms. The minimum atomic E-state index is -0.492. The van der Waals surface area contributed by atoms with Gasteiger partial charge in [0.25, 0.3) is 0 Å². The number of hydrazine groups is 1. The van der Waals surface area contributed by atoms with E-state index in [1.807, 2.05) is 34.6 Å². The maximum Gasteiger partial charge on any atom is 0.430 e. The van der Waals surface area contributed by atoms with Gasteiger partial charge in [-0.25, -0.2) is 9.80 Å². The van der Waals surface area contributed by atoms with Crippen LogP contribution in [0.2, 0.25) is 10.0 Å². The third-order valence-corrected chi connectivity index (χ3v) is 3.82. The standard InChI is InChI=1S/C15H20Cl2N2O3/c1-8(2)21-11-7-9(6-10(16)12(11)17)19-14(20)22-13(18-19)15(3,4)5/h6-8,13,18H,1-5H3. The lowest BCUT2D eigenvalue weighted by Gasteiger charge is -2.25. The van der Waals surface area contributed by atoms with E-state index in [0.29, 0.717) is 21.5 Å². The molecule has 0 aromatic heterocycles. The number of rotatable bonds is 3. The van der Waals surface area contributed by atoms with Crippen molar-refractivity contribution in [1.82, 2.24) is 5.43 Å². The van der Waals surface area contributed by atoms with Gasteiger partial charge in [0.15, 0.2) is 6.23 Å². The van der Waals surface area contributed by atoms with Crippen molar-refractivity contribution in [3.05, 3.63) is 22.2 Å². The summed E-state index contributed by atoms with van der Waals surface area (Å²) in [6.45, 7) is 9.70. The van der Waals surface area contributed by atoms with Gasteiger partial charge in [0.2, 0.25) is 0 Å². The predicted octanol–water partition coefficient (Wildman–Crippen LogP) is 4.61. The maximum absolute atomic E-state index is 12.1. The highest BCUT2D eigenvalue weighted by Crippen LogP contribution is 2.38. The van der Waals surface area contributed by atoms with Crippen molar-refractivity contribution >= 4 is 35.0 Å². The molecular weight excluding hydrogens is 327 g/mol. The summed E-state index contributed by atoms with van der Waals surface area (Å²) in [7, 11) is 0. The quantitative estimate of drug-likeness (QED) is 0.867. The molecule has 1 amide bonds. The number of halogens is 2. The van der Waals surface area contributed by atoms with Gasteiger partial charge in [-0.3, -0.25) is 0 Å². The van der Waals surface area contributed by atoms with E-state index >= 15 is 0 Å². The van der Waals surface area contributed by atoms with E-state index in [1.54, 1.807) is 12.1 Å². The van der Waals surface area contributed by atoms with Gasteiger partial charge in [0.05, 0.1) is 16.8 Å². The molecule has 5 nitrogen and oxygen atoms in total. The van der Waals surface area contributed by atoms with Gasteiger partial charge in [0, 0.05) is 11.5 Å². The van der Waals surface area contributed by atoms with Crippen LogP contribution >= 0.6 is 23.2 Å². The molecule has 0 spiro atoms. The molecule has 0 bridgehead atoms. The highest BCUT2D eigenvalue weighted by Gasteiger charge is 2.39. The lowest BCUT2D eigenvalue weighted by atomic mass is 9.95. The van der Waals surface area contributed by atoms with E-state index in [4.69, 9.17) is 32.7 Å². The smallest absolute Gasteiger partial charge is 0.430 e. The van der Waals surface area contributed by atoms with E-state index in [0.717, 1.165) is 0 Å². The third-order valence-electron chi connectivity index (χ3n) is 3.03. The number of amides is 1. The molecule has 2 rings (SSSR count). The van der Waals surface area contributed by atoms with Crippen molar-refractivity contribution in [3.63, 3.8) is 0 Å². The van der Waals surface area contributed by atoms with E-state index in [9.17, 15) is 4.79 Å². The fourth-order valence-corrected chi connectivity index (χ4v) is 2.28. The molecule has 1 aromatic carbocycles. The Kier molecular flexibility index (Phi) is 4.80. The fourth-order valence-electron chi connectivity index (χ4n) is 1.92. The first-order valence-electron chi connectivity index (χ1n) is 7.02. The van der Waals surface area contributed by atoms with E-state index in [2.05, 4.69) is 5.43 Å². The van der Waals surface area contributed by atoms with Gasteiger partial charge in [-0.15, -0.1) is 0 Å². The minimum Gasteiger partial charge on any atom is -0.489 e. The first-order chi connectivity index (χ1) is 10.1. The van der Waals surface area contributed by atoms with Crippen molar-refractivity contribution in [2.24, 2.45) is 5.41 Å². The number of carbonyl (C=O) groups excluding carboxylic acids is 1. The number of nitrogens with one attached hydrogen (secondary N) is 1. The Labute approximate surface area is 140 Å². The Bertz CT molecular complexity index is 585. The number of ether oxygens (including phenoxy) is 2. The average Bonchev–Trinajstić information content (AvgIpc) is 2.76. The number of cyclic esters (lactones) is 1. The average molecular weight is 347 g/mol. The van der Waals surface area contributed by atoms with Crippen molar-refractivity contribution in [2.45, 2.75) is 47.0 Å². The minimum absolute atomic E-state index is 0.0652. The molecule has 0 radical (unpaired) electrons. The van der Waals surface area contributed by atoms with Crippen LogP contribution in [-0.4, -0.2) is 18.4 Å². The summed E-state index contributed by atoms with van der Waals surface area (Å²) in [6.07, 6.45) is -0.984. The zero-order valence-corrected chi connectivity index (χ0v) is 14.7. The van der Waals surface area contributed by atoms with Crippen molar-refractivity contribution in [3.8, 4) is 5.75 Å². The summed E-state index contributed by atoms with van der Waals surface area (Å²) in [5.41, 5.74) is 3.31. The van der Waals surface area contributed by atoms with E-state index < -0.39 is 12.3 Å². The van der Waals surface area contributed by atoms with Crippen LogP contribution < -0.4 is 15.2 Å². The Morgan fingerprint density at radius 1 is 1.32 bits per heavy atom. The van der Waals surface area contributed by atoms with Gasteiger partial charge in [-0.1, -0.05) is 44.0 Å². The molecule has 0 saturated carbocycles. The Hall–Kier alpha value is -1.17. The summed E-state index contributed by atoms with van der Waals surface area (Å²) >= 11 is 12.3. The topological polar surface area (TPSA) is 50.8 Å². The normalized spacial score (nSPS) is 18.8. The first-order valence-corrected chi connectivity index (χ1v) is 7.78. The van der Waals surface area contributed by atoms with Gasteiger partial charge >= 0.3 is 6.09 Å². The Balaban J connectivity index is 2.33. The highest BCUT2D eigenvalue weighted by molar-refractivity contribution is 6.43. The van der Waals surface area contributed by atoms with Crippen LogP contribution in [0, 0.1) is 5.41 Å². The number of hydrogen-bond acceptors (Lipinski definition) is 4. The van der Waals surface area contributed by atoms with Crippen LogP contribution in [0.3, 0.4) is 0 Å². The zero-order chi connectivity index (χ0) is 16.7. The SMILES string of the molecule is CC(C)Oc1cc(N2NC(C(C)(C)C)OC2=O)cc(Cl)c1Cl. The number of benzene rings is 1. The molecule has 1 fully saturated rings. The summed E-state index contributed by atoms with van der Waals surface area (Å²) in [5.74, 6) is 0.424. The molecule has 122 valence electrons. The molecule has 1 atom stereocenters. The molecule has 1 N–H and O–H groups in total. The summed E-state index contributed by atoms with van der Waals surface area (Å²) in [5, 5.41) is 1.94. The second-order valence-electron chi connectivity index (χ2n) is 6.50. The van der Waals surface area contributed by atoms with Crippen LogP contribution in [-0.2, 0) is 4.74 Å². The molecule has 0 aliphatic carbocycles. The van der Waals surface area contributed by atoms with E-state index in [-0.39, 0.29) is 11.5 Å². The highest BCUT2D eigenvalue weighted by atomic mass is 35.5. The second-order valence-corrected chi connectivity index (χ2v) is 7.29. The predicted molar refractivity (Wildman–Crippen MR) is 87.6 cm³/mol. The molecule has 1 aliphatic rings. The first kappa shape index (κ1) is 17.2. The molecule has 1 saturated heterocycles. The van der Waals surface area contributed by atoms with Gasteiger partial charge in [-0.05, 0) is 19.9 Å². The van der Waals surface area contributed by atoms with Gasteiger partial charge < -0.3 is 9.47 Å². The Morgan fingerprint density at radius 3 is 2.45 bits per heavy atom. The van der Waals surface area contributed by atoms with Crippen molar-refractivity contribution in [1.29, 1.82) is 0 Å². The lowest BCUT2D eigenvalue weighted by molar-refractivity contribution is 0.0523. The van der Waals surface area contributed by atoms with E-state index in [1.165, 1.54) is 5.01 Å². The number of carbonyl (C=O) groups is 1. The fraction of sp³-hybridized carbons (Fsp3) is 0.533. The molecule has 7 heteroatoms. The lowest BCUT2D eigenvalue weighted by Crippen LogP contribution is -2.42. The van der Waals surface area contributed by atoms with Crippen LogP contribution in [0.5, 0.6) is 5.75 Å². The van der Waals surface area contributed by atoms with Crippen molar-refractivity contribution < 1.29 is 14.3 Å². The molecular formula is C15H20Cl2N2O3. The number of hydrogen-bond donors (Lipinski definition) is 1. The zero-order valence-electron chi connectivity index (χ0n) is 13.2. The van der Waals surface area contributed by atoms with Gasteiger partial charge in [0.1, 0.15) is 10.8 Å². The van der Waals surface area contributed by atoms with Crippen LogP contribution in [0.1, 0.15) is 34.6 Å². The van der Waals surface area contributed by atoms with Crippen LogP contribution in [0.25, 0.3) is 0 Å². The number of nitrogens with zero attached hydrogens (tertiary/aromatic N) is 1. The Morgan fingerprint density at radius 2 is 1.95 bits per heavy atom. The van der Waals surface area contributed by atoms with Crippen molar-refractivity contribution in [2.75, 3.05) is 5.01 Å². The summed E-state index contributed by atoms with van der Waals surface area (Å²) < 4.78 is 11.0. The van der Waals surface area contributed by atoms with Crippen LogP contribution in [0.15, 0.2) is 12.1 Å². The number of anilines is 1. The summed E-state index contributed by atoms with van der Waals surface area (Å²) in [4.78, 5) is 12.1. The second kappa shape index (κ2) is 6.14. The molecule has 1 unspecified atom stereocenters. The molecule has 1 heterocycles. The van der Waals surface area contributed by atoms with Gasteiger partial charge in [-0.2, -0.15) is 5.43 Å². The monoisotopic (exact) mass is 346 g/mol. The summed E-state index contributed by atoms with van der Waals surface area (Å²) in [6, 6.07) is 3.25. The van der Waals surface area contributed by atoms with Crippen LogP contribution in [0.4, 0.5) is 10.5 Å².